The second kappa shape index (κ2) is 9.44. The average molecular weight is 474 g/mol. The molecule has 2 amide bonds. The third-order valence-electron chi connectivity index (χ3n) is 5.71. The summed E-state index contributed by atoms with van der Waals surface area (Å²) in [6, 6.07) is 17.1. The van der Waals surface area contributed by atoms with Crippen LogP contribution in [0.2, 0.25) is 0 Å². The molecule has 34 heavy (non-hydrogen) atoms. The molecule has 4 aromatic rings. The number of para-hydroxylation sites is 1. The highest BCUT2D eigenvalue weighted by Gasteiger charge is 2.25. The van der Waals surface area contributed by atoms with Crippen LogP contribution in [0.3, 0.4) is 0 Å². The molecule has 3 N–H and O–H groups in total. The molecule has 0 spiro atoms. The number of carbonyl (C=O) groups excluding carboxylic acids is 2. The van der Waals surface area contributed by atoms with Crippen molar-refractivity contribution < 1.29 is 9.59 Å². The summed E-state index contributed by atoms with van der Waals surface area (Å²) in [5.41, 5.74) is 6.83. The van der Waals surface area contributed by atoms with E-state index in [2.05, 4.69) is 20.4 Å². The molecule has 4 heterocycles. The molecule has 1 aliphatic heterocycles. The van der Waals surface area contributed by atoms with E-state index >= 15 is 0 Å². The lowest BCUT2D eigenvalue weighted by Gasteiger charge is -2.32. The van der Waals surface area contributed by atoms with Gasteiger partial charge in [0, 0.05) is 13.1 Å². The number of nitrogens with one attached hydrogen (secondary N) is 1. The Bertz CT molecular complexity index is 1290. The van der Waals surface area contributed by atoms with Gasteiger partial charge in [-0.2, -0.15) is 0 Å². The molecule has 172 valence electrons. The minimum atomic E-state index is -0.422. The maximum absolute atomic E-state index is 12.9. The third kappa shape index (κ3) is 4.53. The molecule has 5 rings (SSSR count). The average Bonchev–Trinajstić information content (AvgIpc) is 3.55. The molecule has 1 unspecified atom stereocenters. The van der Waals surface area contributed by atoms with E-state index in [0.717, 1.165) is 35.8 Å². The molecule has 0 bridgehead atoms. The maximum atomic E-state index is 12.9. The highest BCUT2D eigenvalue weighted by molar-refractivity contribution is 7.13. The molecule has 0 radical (unpaired) electrons. The first-order valence-electron chi connectivity index (χ1n) is 11.0. The number of nitrogens with zero attached hydrogens (tertiary/aromatic N) is 5. The number of rotatable bonds is 6. The number of pyridine rings is 1. The van der Waals surface area contributed by atoms with Crippen LogP contribution < -0.4 is 16.0 Å². The fraction of sp³-hybridized carbons (Fsp3) is 0.208. The predicted molar refractivity (Wildman–Crippen MR) is 131 cm³/mol. The number of hydrogen-bond acceptors (Lipinski definition) is 7. The Morgan fingerprint density at radius 3 is 2.65 bits per heavy atom. The zero-order chi connectivity index (χ0) is 23.5. The molecule has 3 aromatic heterocycles. The number of amides is 2. The number of anilines is 2. The van der Waals surface area contributed by atoms with Crippen molar-refractivity contribution in [1.29, 1.82) is 0 Å². The minimum absolute atomic E-state index is 0.0664. The highest BCUT2D eigenvalue weighted by atomic mass is 32.1. The van der Waals surface area contributed by atoms with Gasteiger partial charge in [0.15, 0.2) is 5.82 Å². The number of primary amides is 1. The van der Waals surface area contributed by atoms with E-state index in [9.17, 15) is 9.59 Å². The Morgan fingerprint density at radius 1 is 1.09 bits per heavy atom. The highest BCUT2D eigenvalue weighted by Crippen LogP contribution is 2.26. The summed E-state index contributed by atoms with van der Waals surface area (Å²) in [5.74, 6) is 0.547. The molecule has 9 nitrogen and oxygen atoms in total. The van der Waals surface area contributed by atoms with Crippen molar-refractivity contribution in [3.63, 3.8) is 0 Å². The molecule has 1 fully saturated rings. The summed E-state index contributed by atoms with van der Waals surface area (Å²) in [4.78, 5) is 36.4. The Hall–Kier alpha value is -4.05. The van der Waals surface area contributed by atoms with Crippen molar-refractivity contribution in [1.82, 2.24) is 19.7 Å². The van der Waals surface area contributed by atoms with Crippen molar-refractivity contribution in [2.75, 3.05) is 23.3 Å². The van der Waals surface area contributed by atoms with Crippen LogP contribution in [0.15, 0.2) is 66.2 Å². The zero-order valence-corrected chi connectivity index (χ0v) is 19.1. The number of thiophene rings is 1. The Morgan fingerprint density at radius 2 is 1.94 bits per heavy atom. The van der Waals surface area contributed by atoms with E-state index < -0.39 is 5.91 Å². The second-order valence-electron chi connectivity index (χ2n) is 8.03. The maximum Gasteiger partial charge on any atom is 0.295 e. The van der Waals surface area contributed by atoms with E-state index in [1.165, 1.54) is 11.3 Å². The smallest absolute Gasteiger partial charge is 0.295 e. The van der Waals surface area contributed by atoms with E-state index in [4.69, 9.17) is 5.73 Å². The Balaban J connectivity index is 1.34. The molecule has 10 heteroatoms. The summed E-state index contributed by atoms with van der Waals surface area (Å²) in [7, 11) is 0. The van der Waals surface area contributed by atoms with Crippen LogP contribution in [-0.4, -0.2) is 44.7 Å². The molecule has 1 saturated heterocycles. The lowest BCUT2D eigenvalue weighted by molar-refractivity contribution is -0.122. The fourth-order valence-corrected chi connectivity index (χ4v) is 4.67. The number of piperidine rings is 1. The number of benzene rings is 1. The van der Waals surface area contributed by atoms with E-state index in [1.807, 2.05) is 58.8 Å². The quantitative estimate of drug-likeness (QED) is 0.443. The topological polar surface area (TPSA) is 119 Å². The van der Waals surface area contributed by atoms with Crippen LogP contribution >= 0.6 is 11.3 Å². The molecule has 0 aliphatic carbocycles. The van der Waals surface area contributed by atoms with Crippen molar-refractivity contribution in [3.8, 4) is 16.4 Å². The van der Waals surface area contributed by atoms with Crippen LogP contribution in [-0.2, 0) is 4.79 Å². The first kappa shape index (κ1) is 21.8. The predicted octanol–water partition coefficient (Wildman–Crippen LogP) is 3.34. The van der Waals surface area contributed by atoms with Gasteiger partial charge in [0.05, 0.1) is 28.4 Å². The SMILES string of the molecule is NC(=O)C1CCCN(c2ccc(NC(=O)c3nc(-c4cccs4)n(-c4ccccc4)n3)cn2)C1. The fourth-order valence-electron chi connectivity index (χ4n) is 3.97. The van der Waals surface area contributed by atoms with E-state index in [-0.39, 0.29) is 17.6 Å². The lowest BCUT2D eigenvalue weighted by atomic mass is 9.97. The van der Waals surface area contributed by atoms with Crippen LogP contribution in [0.25, 0.3) is 16.4 Å². The Labute approximate surface area is 200 Å². The molecular weight excluding hydrogens is 450 g/mol. The van der Waals surface area contributed by atoms with Gasteiger partial charge in [0.1, 0.15) is 5.82 Å². The first-order valence-corrected chi connectivity index (χ1v) is 11.8. The summed E-state index contributed by atoms with van der Waals surface area (Å²) in [6.07, 6.45) is 3.28. The molecule has 0 saturated carbocycles. The summed E-state index contributed by atoms with van der Waals surface area (Å²) < 4.78 is 1.67. The monoisotopic (exact) mass is 473 g/mol. The minimum Gasteiger partial charge on any atom is -0.369 e. The van der Waals surface area contributed by atoms with Gasteiger partial charge >= 0.3 is 0 Å². The number of carbonyl (C=O) groups is 2. The van der Waals surface area contributed by atoms with Crippen LogP contribution in [0.1, 0.15) is 23.5 Å². The van der Waals surface area contributed by atoms with Crippen LogP contribution in [0.4, 0.5) is 11.5 Å². The largest absolute Gasteiger partial charge is 0.369 e. The lowest BCUT2D eigenvalue weighted by Crippen LogP contribution is -2.41. The zero-order valence-electron chi connectivity index (χ0n) is 18.3. The number of hydrogen-bond donors (Lipinski definition) is 2. The molecule has 1 aromatic carbocycles. The summed E-state index contributed by atoms with van der Waals surface area (Å²) in [6.45, 7) is 1.37. The van der Waals surface area contributed by atoms with Gasteiger partial charge in [-0.15, -0.1) is 16.4 Å². The first-order chi connectivity index (χ1) is 16.6. The molecule has 1 aliphatic rings. The Kier molecular flexibility index (Phi) is 6.05. The van der Waals surface area contributed by atoms with Gasteiger partial charge in [-0.05, 0) is 48.6 Å². The van der Waals surface area contributed by atoms with Gasteiger partial charge in [0.25, 0.3) is 5.91 Å². The third-order valence-corrected chi connectivity index (χ3v) is 6.57. The number of aromatic nitrogens is 4. The molecular formula is C24H23N7O2S. The van der Waals surface area contributed by atoms with Gasteiger partial charge in [-0.1, -0.05) is 24.3 Å². The molecule has 1 atom stereocenters. The van der Waals surface area contributed by atoms with E-state index in [0.29, 0.717) is 18.1 Å². The van der Waals surface area contributed by atoms with Crippen molar-refractivity contribution in [2.24, 2.45) is 11.7 Å². The van der Waals surface area contributed by atoms with Crippen LogP contribution in [0.5, 0.6) is 0 Å². The number of nitrogens with two attached hydrogens (primary N) is 1. The van der Waals surface area contributed by atoms with Gasteiger partial charge in [-0.3, -0.25) is 9.59 Å². The van der Waals surface area contributed by atoms with Crippen molar-refractivity contribution in [3.05, 3.63) is 72.0 Å². The van der Waals surface area contributed by atoms with Crippen molar-refractivity contribution in [2.45, 2.75) is 12.8 Å². The van der Waals surface area contributed by atoms with Gasteiger partial charge < -0.3 is 16.0 Å². The van der Waals surface area contributed by atoms with E-state index in [1.54, 1.807) is 16.9 Å². The van der Waals surface area contributed by atoms with Crippen LogP contribution in [0, 0.1) is 5.92 Å². The van der Waals surface area contributed by atoms with Gasteiger partial charge in [-0.25, -0.2) is 14.6 Å². The summed E-state index contributed by atoms with van der Waals surface area (Å²) >= 11 is 1.53. The standard InChI is InChI=1S/C24H23N7O2S/c25-21(32)16-6-4-12-30(15-16)20-11-10-17(14-26-20)27-24(33)22-28-23(19-9-5-13-34-19)31(29-22)18-7-2-1-3-8-18/h1-3,5,7-11,13-14,16H,4,6,12,15H2,(H2,25,32)(H,27,33). The second-order valence-corrected chi connectivity index (χ2v) is 8.98. The van der Waals surface area contributed by atoms with Gasteiger partial charge in [0.2, 0.25) is 11.7 Å². The summed E-state index contributed by atoms with van der Waals surface area (Å²) in [5, 5.41) is 9.26. The van der Waals surface area contributed by atoms with Crippen molar-refractivity contribution >= 4 is 34.7 Å². The normalized spacial score (nSPS) is 15.8.